The molecule has 0 aromatic carbocycles. The summed E-state index contributed by atoms with van der Waals surface area (Å²) >= 11 is 1.54. The molecule has 9 heteroatoms. The van der Waals surface area contributed by atoms with Crippen LogP contribution in [0.3, 0.4) is 0 Å². The lowest BCUT2D eigenvalue weighted by molar-refractivity contribution is -0.134. The SMILES string of the molecule is CC(C)(C)OC(=O)N[C@H]1CCN(C(=O)CCc2nc(-c3cccs3)no2)CC1(C)C. The van der Waals surface area contributed by atoms with Crippen molar-refractivity contribution in [1.82, 2.24) is 20.4 Å². The maximum Gasteiger partial charge on any atom is 0.407 e. The van der Waals surface area contributed by atoms with Crippen LogP contribution in [0.4, 0.5) is 4.79 Å². The average molecular weight is 435 g/mol. The van der Waals surface area contributed by atoms with E-state index >= 15 is 0 Å². The van der Waals surface area contributed by atoms with Gasteiger partial charge >= 0.3 is 6.09 Å². The number of nitrogens with zero attached hydrogens (tertiary/aromatic N) is 3. The van der Waals surface area contributed by atoms with E-state index in [1.165, 1.54) is 0 Å². The van der Waals surface area contributed by atoms with Crippen LogP contribution in [0.1, 0.15) is 53.4 Å². The topological polar surface area (TPSA) is 97.6 Å². The van der Waals surface area contributed by atoms with E-state index < -0.39 is 11.7 Å². The van der Waals surface area contributed by atoms with Gasteiger partial charge in [-0.05, 0) is 38.6 Å². The minimum Gasteiger partial charge on any atom is -0.444 e. The van der Waals surface area contributed by atoms with Crippen LogP contribution in [-0.4, -0.2) is 51.8 Å². The molecule has 2 amide bonds. The molecule has 30 heavy (non-hydrogen) atoms. The Kier molecular flexibility index (Phi) is 6.50. The van der Waals surface area contributed by atoms with Crippen molar-refractivity contribution in [1.29, 1.82) is 0 Å². The molecule has 3 rings (SSSR count). The molecule has 1 N–H and O–H groups in total. The van der Waals surface area contributed by atoms with Gasteiger partial charge in [-0.25, -0.2) is 4.79 Å². The normalized spacial score (nSPS) is 18.8. The Morgan fingerprint density at radius 2 is 2.17 bits per heavy atom. The van der Waals surface area contributed by atoms with Gasteiger partial charge in [0.25, 0.3) is 0 Å². The molecule has 0 spiro atoms. The molecule has 164 valence electrons. The van der Waals surface area contributed by atoms with Crippen molar-refractivity contribution in [2.45, 2.75) is 65.5 Å². The number of aromatic nitrogens is 2. The van der Waals surface area contributed by atoms with Crippen LogP contribution in [0.25, 0.3) is 10.7 Å². The van der Waals surface area contributed by atoms with E-state index in [9.17, 15) is 9.59 Å². The molecule has 2 aromatic heterocycles. The van der Waals surface area contributed by atoms with Crippen LogP contribution in [0.2, 0.25) is 0 Å². The highest BCUT2D eigenvalue weighted by atomic mass is 32.1. The highest BCUT2D eigenvalue weighted by molar-refractivity contribution is 7.13. The number of nitrogens with one attached hydrogen (secondary N) is 1. The lowest BCUT2D eigenvalue weighted by Gasteiger charge is -2.44. The Morgan fingerprint density at radius 1 is 1.40 bits per heavy atom. The molecule has 1 aliphatic heterocycles. The number of aryl methyl sites for hydroxylation is 1. The minimum atomic E-state index is -0.539. The number of alkyl carbamates (subject to hydrolysis) is 1. The zero-order valence-corrected chi connectivity index (χ0v) is 19.0. The summed E-state index contributed by atoms with van der Waals surface area (Å²) in [6, 6.07) is 3.81. The second-order valence-corrected chi connectivity index (χ2v) is 10.2. The van der Waals surface area contributed by atoms with Gasteiger partial charge in [-0.1, -0.05) is 25.1 Å². The lowest BCUT2D eigenvalue weighted by atomic mass is 9.79. The monoisotopic (exact) mass is 434 g/mol. The molecule has 0 saturated carbocycles. The third-order valence-corrected chi connectivity index (χ3v) is 5.90. The van der Waals surface area contributed by atoms with E-state index in [4.69, 9.17) is 9.26 Å². The molecule has 8 nitrogen and oxygen atoms in total. The van der Waals surface area contributed by atoms with Crippen molar-refractivity contribution in [3.05, 3.63) is 23.4 Å². The van der Waals surface area contributed by atoms with E-state index in [0.717, 1.165) is 4.88 Å². The van der Waals surface area contributed by atoms with Gasteiger partial charge in [0.15, 0.2) is 0 Å². The molecule has 1 saturated heterocycles. The maximum absolute atomic E-state index is 12.7. The van der Waals surface area contributed by atoms with Crippen LogP contribution in [0.15, 0.2) is 22.0 Å². The predicted octanol–water partition coefficient (Wildman–Crippen LogP) is 3.88. The molecule has 0 bridgehead atoms. The van der Waals surface area contributed by atoms with Crippen LogP contribution in [0.5, 0.6) is 0 Å². The number of hydrogen-bond acceptors (Lipinski definition) is 7. The van der Waals surface area contributed by atoms with E-state index in [-0.39, 0.29) is 17.4 Å². The number of hydrogen-bond donors (Lipinski definition) is 1. The molecule has 1 aliphatic rings. The standard InChI is InChI=1S/C21H30N4O4S/c1-20(2,3)28-19(27)22-15-10-11-25(13-21(15,4)5)17(26)9-8-16-23-18(24-29-16)14-7-6-12-30-14/h6-7,12,15H,8-11,13H2,1-5H3,(H,22,27)/t15-/m0/s1. The van der Waals surface area contributed by atoms with Crippen molar-refractivity contribution in [2.75, 3.05) is 13.1 Å². The number of carbonyl (C=O) groups is 2. The predicted molar refractivity (Wildman–Crippen MR) is 114 cm³/mol. The van der Waals surface area contributed by atoms with Crippen LogP contribution < -0.4 is 5.32 Å². The molecule has 1 atom stereocenters. The minimum absolute atomic E-state index is 0.0506. The lowest BCUT2D eigenvalue weighted by Crippen LogP contribution is -2.57. The van der Waals surface area contributed by atoms with E-state index in [1.54, 1.807) is 11.3 Å². The van der Waals surface area contributed by atoms with Crippen molar-refractivity contribution in [2.24, 2.45) is 5.41 Å². The number of amides is 2. The zero-order chi connectivity index (χ0) is 21.9. The molecule has 3 heterocycles. The zero-order valence-electron chi connectivity index (χ0n) is 18.2. The van der Waals surface area contributed by atoms with Crippen LogP contribution >= 0.6 is 11.3 Å². The summed E-state index contributed by atoms with van der Waals surface area (Å²) < 4.78 is 10.7. The summed E-state index contributed by atoms with van der Waals surface area (Å²) in [5.74, 6) is 1.07. The first-order valence-corrected chi connectivity index (χ1v) is 11.1. The van der Waals surface area contributed by atoms with Gasteiger partial charge < -0.3 is 19.5 Å². The molecule has 0 unspecified atom stereocenters. The third-order valence-electron chi connectivity index (χ3n) is 5.04. The fraction of sp³-hybridized carbons (Fsp3) is 0.619. The van der Waals surface area contributed by atoms with Gasteiger partial charge in [0.2, 0.25) is 17.6 Å². The van der Waals surface area contributed by atoms with E-state index in [1.807, 2.05) is 43.2 Å². The maximum atomic E-state index is 12.7. The van der Waals surface area contributed by atoms with Crippen LogP contribution in [-0.2, 0) is 16.0 Å². The molecule has 0 radical (unpaired) electrons. The number of thiophene rings is 1. The second-order valence-electron chi connectivity index (χ2n) is 9.28. The quantitative estimate of drug-likeness (QED) is 0.767. The van der Waals surface area contributed by atoms with Crippen molar-refractivity contribution in [3.63, 3.8) is 0 Å². The Bertz CT molecular complexity index is 870. The smallest absolute Gasteiger partial charge is 0.407 e. The molecule has 1 fully saturated rings. The summed E-state index contributed by atoms with van der Waals surface area (Å²) in [5.41, 5.74) is -0.801. The summed E-state index contributed by atoms with van der Waals surface area (Å²) in [7, 11) is 0. The third kappa shape index (κ3) is 5.81. The highest BCUT2D eigenvalue weighted by Crippen LogP contribution is 2.30. The van der Waals surface area contributed by atoms with Crippen molar-refractivity contribution in [3.8, 4) is 10.7 Å². The van der Waals surface area contributed by atoms with Crippen molar-refractivity contribution >= 4 is 23.3 Å². The Balaban J connectivity index is 1.50. The van der Waals surface area contributed by atoms with E-state index in [0.29, 0.717) is 44.1 Å². The van der Waals surface area contributed by atoms with Gasteiger partial charge in [0.1, 0.15) is 5.60 Å². The fourth-order valence-electron chi connectivity index (χ4n) is 3.52. The van der Waals surface area contributed by atoms with Gasteiger partial charge in [-0.15, -0.1) is 11.3 Å². The summed E-state index contributed by atoms with van der Waals surface area (Å²) in [5, 5.41) is 8.91. The molecule has 0 aliphatic carbocycles. The van der Waals surface area contributed by atoms with Gasteiger partial charge in [-0.3, -0.25) is 4.79 Å². The Labute approximate surface area is 181 Å². The highest BCUT2D eigenvalue weighted by Gasteiger charge is 2.39. The number of ether oxygens (including phenoxy) is 1. The second kappa shape index (κ2) is 8.75. The van der Waals surface area contributed by atoms with E-state index in [2.05, 4.69) is 29.3 Å². The van der Waals surface area contributed by atoms with Gasteiger partial charge in [-0.2, -0.15) is 4.98 Å². The van der Waals surface area contributed by atoms with Gasteiger partial charge in [0.05, 0.1) is 4.88 Å². The van der Waals surface area contributed by atoms with Gasteiger partial charge in [0, 0.05) is 37.4 Å². The first-order chi connectivity index (χ1) is 14.0. The largest absolute Gasteiger partial charge is 0.444 e. The summed E-state index contributed by atoms with van der Waals surface area (Å²) in [4.78, 5) is 32.0. The molecular weight excluding hydrogens is 404 g/mol. The number of carbonyl (C=O) groups excluding carboxylic acids is 2. The molecule has 2 aromatic rings. The summed E-state index contributed by atoms with van der Waals surface area (Å²) in [6.07, 6.45) is 0.986. The number of piperidine rings is 1. The first kappa shape index (κ1) is 22.3. The average Bonchev–Trinajstić information content (AvgIpc) is 3.30. The first-order valence-electron chi connectivity index (χ1n) is 10.2. The Morgan fingerprint density at radius 3 is 2.80 bits per heavy atom. The Hall–Kier alpha value is -2.42. The fourth-order valence-corrected chi connectivity index (χ4v) is 4.17. The summed E-state index contributed by atoms with van der Waals surface area (Å²) in [6.45, 7) is 10.8. The van der Waals surface area contributed by atoms with Crippen LogP contribution in [0, 0.1) is 5.41 Å². The van der Waals surface area contributed by atoms with Crippen molar-refractivity contribution < 1.29 is 18.8 Å². The number of likely N-dealkylation sites (tertiary alicyclic amines) is 1. The molecular formula is C21H30N4O4S. The number of rotatable bonds is 5.